The number of hydrogen-bond donors (Lipinski definition) is 1. The zero-order chi connectivity index (χ0) is 13.8. The van der Waals surface area contributed by atoms with Gasteiger partial charge >= 0.3 is 0 Å². The summed E-state index contributed by atoms with van der Waals surface area (Å²) in [5, 5.41) is 9.71. The SMILES string of the molecule is CN(Cc1ccc(Cl)cc1)c1ccc(N)c(C#N)c1. The molecule has 0 aliphatic carbocycles. The Labute approximate surface area is 117 Å². The van der Waals surface area contributed by atoms with E-state index in [1.54, 1.807) is 12.1 Å². The van der Waals surface area contributed by atoms with Gasteiger partial charge in [-0.3, -0.25) is 0 Å². The van der Waals surface area contributed by atoms with Gasteiger partial charge in [-0.1, -0.05) is 23.7 Å². The Balaban J connectivity index is 2.18. The summed E-state index contributed by atoms with van der Waals surface area (Å²) in [6.45, 7) is 0.742. The van der Waals surface area contributed by atoms with Gasteiger partial charge < -0.3 is 10.6 Å². The molecule has 96 valence electrons. The largest absolute Gasteiger partial charge is 0.398 e. The van der Waals surface area contributed by atoms with Crippen molar-refractivity contribution in [3.8, 4) is 6.07 Å². The van der Waals surface area contributed by atoms with Gasteiger partial charge in [-0.15, -0.1) is 0 Å². The summed E-state index contributed by atoms with van der Waals surface area (Å²) in [5.41, 5.74) is 8.83. The highest BCUT2D eigenvalue weighted by atomic mass is 35.5. The molecule has 2 N–H and O–H groups in total. The number of benzene rings is 2. The molecule has 4 heteroatoms. The van der Waals surface area contributed by atoms with E-state index in [1.165, 1.54) is 0 Å². The number of anilines is 2. The standard InChI is InChI=1S/C15H14ClN3/c1-19(10-11-2-4-13(16)5-3-11)14-6-7-15(18)12(8-14)9-17/h2-8H,10,18H2,1H3. The average Bonchev–Trinajstić information content (AvgIpc) is 2.42. The molecular weight excluding hydrogens is 258 g/mol. The van der Waals surface area contributed by atoms with Gasteiger partial charge in [0.2, 0.25) is 0 Å². The van der Waals surface area contributed by atoms with E-state index in [2.05, 4.69) is 11.0 Å². The van der Waals surface area contributed by atoms with E-state index in [4.69, 9.17) is 22.6 Å². The number of nitrogen functional groups attached to an aromatic ring is 1. The highest BCUT2D eigenvalue weighted by Gasteiger charge is 2.05. The highest BCUT2D eigenvalue weighted by Crippen LogP contribution is 2.21. The minimum atomic E-state index is 0.500. The maximum atomic E-state index is 8.98. The normalized spacial score (nSPS) is 9.95. The fourth-order valence-electron chi connectivity index (χ4n) is 1.83. The Kier molecular flexibility index (Phi) is 3.94. The van der Waals surface area contributed by atoms with Crippen molar-refractivity contribution in [2.45, 2.75) is 6.54 Å². The predicted octanol–water partition coefficient (Wildman–Crippen LogP) is 3.43. The number of rotatable bonds is 3. The molecule has 3 nitrogen and oxygen atoms in total. The molecule has 19 heavy (non-hydrogen) atoms. The molecule has 0 bridgehead atoms. The summed E-state index contributed by atoms with van der Waals surface area (Å²) in [7, 11) is 1.97. The molecule has 0 aliphatic heterocycles. The van der Waals surface area contributed by atoms with E-state index < -0.39 is 0 Å². The van der Waals surface area contributed by atoms with Crippen molar-refractivity contribution in [1.29, 1.82) is 5.26 Å². The molecule has 2 rings (SSSR count). The first kappa shape index (κ1) is 13.3. The van der Waals surface area contributed by atoms with Crippen molar-refractivity contribution in [3.05, 3.63) is 58.6 Å². The molecule has 0 atom stereocenters. The van der Waals surface area contributed by atoms with Crippen molar-refractivity contribution in [3.63, 3.8) is 0 Å². The molecule has 0 spiro atoms. The Morgan fingerprint density at radius 2 is 1.89 bits per heavy atom. The van der Waals surface area contributed by atoms with Gasteiger partial charge in [-0.2, -0.15) is 5.26 Å². The summed E-state index contributed by atoms with van der Waals surface area (Å²) in [6.07, 6.45) is 0. The van der Waals surface area contributed by atoms with Crippen molar-refractivity contribution >= 4 is 23.0 Å². The molecule has 0 amide bonds. The monoisotopic (exact) mass is 271 g/mol. The molecule has 0 unspecified atom stereocenters. The fourth-order valence-corrected chi connectivity index (χ4v) is 1.96. The molecule has 2 aromatic carbocycles. The van der Waals surface area contributed by atoms with Gasteiger partial charge in [0.05, 0.1) is 5.56 Å². The number of hydrogen-bond acceptors (Lipinski definition) is 3. The van der Waals surface area contributed by atoms with Crippen LogP contribution in [-0.4, -0.2) is 7.05 Å². The van der Waals surface area contributed by atoms with Crippen LogP contribution in [0.5, 0.6) is 0 Å². The van der Waals surface area contributed by atoms with E-state index in [0.29, 0.717) is 11.3 Å². The first-order valence-electron chi connectivity index (χ1n) is 5.85. The molecule has 0 aromatic heterocycles. The van der Waals surface area contributed by atoms with Crippen LogP contribution in [0.2, 0.25) is 5.02 Å². The van der Waals surface area contributed by atoms with Crippen LogP contribution in [0.25, 0.3) is 0 Å². The van der Waals surface area contributed by atoms with E-state index in [-0.39, 0.29) is 0 Å². The van der Waals surface area contributed by atoms with Crippen molar-refractivity contribution < 1.29 is 0 Å². The highest BCUT2D eigenvalue weighted by molar-refractivity contribution is 6.30. The van der Waals surface area contributed by atoms with Crippen LogP contribution < -0.4 is 10.6 Å². The average molecular weight is 272 g/mol. The topological polar surface area (TPSA) is 53.0 Å². The molecule has 0 saturated carbocycles. The van der Waals surface area contributed by atoms with Gasteiger partial charge in [0.15, 0.2) is 0 Å². The number of halogens is 1. The lowest BCUT2D eigenvalue weighted by Gasteiger charge is -2.20. The third-order valence-electron chi connectivity index (χ3n) is 2.93. The summed E-state index contributed by atoms with van der Waals surface area (Å²) in [5.74, 6) is 0. The van der Waals surface area contributed by atoms with Crippen LogP contribution in [0.1, 0.15) is 11.1 Å². The Morgan fingerprint density at radius 3 is 2.53 bits per heavy atom. The van der Waals surface area contributed by atoms with E-state index in [0.717, 1.165) is 22.8 Å². The number of nitriles is 1. The molecule has 0 saturated heterocycles. The summed E-state index contributed by atoms with van der Waals surface area (Å²) < 4.78 is 0. The molecular formula is C15H14ClN3. The zero-order valence-corrected chi connectivity index (χ0v) is 11.4. The molecule has 2 aromatic rings. The van der Waals surface area contributed by atoms with E-state index in [1.807, 2.05) is 37.4 Å². The fraction of sp³-hybridized carbons (Fsp3) is 0.133. The first-order valence-corrected chi connectivity index (χ1v) is 6.23. The van der Waals surface area contributed by atoms with Gasteiger partial charge in [-0.25, -0.2) is 0 Å². The quantitative estimate of drug-likeness (QED) is 0.870. The lowest BCUT2D eigenvalue weighted by atomic mass is 10.1. The minimum absolute atomic E-state index is 0.500. The second-order valence-electron chi connectivity index (χ2n) is 4.37. The molecule has 0 aliphatic rings. The minimum Gasteiger partial charge on any atom is -0.398 e. The second-order valence-corrected chi connectivity index (χ2v) is 4.80. The van der Waals surface area contributed by atoms with Crippen molar-refractivity contribution in [1.82, 2.24) is 0 Å². The molecule has 0 heterocycles. The Morgan fingerprint density at radius 1 is 1.21 bits per heavy atom. The van der Waals surface area contributed by atoms with Crippen molar-refractivity contribution in [2.75, 3.05) is 17.7 Å². The maximum absolute atomic E-state index is 8.98. The summed E-state index contributed by atoms with van der Waals surface area (Å²) >= 11 is 5.86. The third-order valence-corrected chi connectivity index (χ3v) is 3.18. The van der Waals surface area contributed by atoms with Crippen molar-refractivity contribution in [2.24, 2.45) is 0 Å². The van der Waals surface area contributed by atoms with E-state index >= 15 is 0 Å². The number of nitrogens with zero attached hydrogens (tertiary/aromatic N) is 2. The lowest BCUT2D eigenvalue weighted by Crippen LogP contribution is -2.16. The number of nitrogens with two attached hydrogens (primary N) is 1. The maximum Gasteiger partial charge on any atom is 0.101 e. The van der Waals surface area contributed by atoms with Crippen LogP contribution >= 0.6 is 11.6 Å². The first-order chi connectivity index (χ1) is 9.10. The summed E-state index contributed by atoms with van der Waals surface area (Å²) in [6, 6.07) is 15.3. The van der Waals surface area contributed by atoms with Crippen LogP contribution in [0.4, 0.5) is 11.4 Å². The third kappa shape index (κ3) is 3.18. The Bertz CT molecular complexity index is 614. The van der Waals surface area contributed by atoms with Gasteiger partial charge in [0.1, 0.15) is 6.07 Å². The van der Waals surface area contributed by atoms with Gasteiger partial charge in [-0.05, 0) is 35.9 Å². The van der Waals surface area contributed by atoms with Crippen LogP contribution in [0, 0.1) is 11.3 Å². The van der Waals surface area contributed by atoms with Gasteiger partial charge in [0.25, 0.3) is 0 Å². The predicted molar refractivity (Wildman–Crippen MR) is 79.1 cm³/mol. The molecule has 0 radical (unpaired) electrons. The van der Waals surface area contributed by atoms with Gasteiger partial charge in [0, 0.05) is 30.0 Å². The zero-order valence-electron chi connectivity index (χ0n) is 10.6. The molecule has 0 fully saturated rings. The van der Waals surface area contributed by atoms with Crippen LogP contribution in [-0.2, 0) is 6.54 Å². The van der Waals surface area contributed by atoms with E-state index in [9.17, 15) is 0 Å². The second kappa shape index (κ2) is 5.64. The lowest BCUT2D eigenvalue weighted by molar-refractivity contribution is 0.923. The van der Waals surface area contributed by atoms with Crippen LogP contribution in [0.3, 0.4) is 0 Å². The Hall–Kier alpha value is -2.18. The summed E-state index contributed by atoms with van der Waals surface area (Å²) in [4.78, 5) is 2.06. The smallest absolute Gasteiger partial charge is 0.101 e. The van der Waals surface area contributed by atoms with Crippen LogP contribution in [0.15, 0.2) is 42.5 Å².